The molecule has 3 atom stereocenters. The van der Waals surface area contributed by atoms with Crippen molar-refractivity contribution in [2.45, 2.75) is 44.2 Å². The van der Waals surface area contributed by atoms with E-state index in [0.717, 1.165) is 6.07 Å². The molecule has 0 aromatic heterocycles. The third-order valence-corrected chi connectivity index (χ3v) is 4.55. The number of alkyl halides is 3. The molecule has 0 spiro atoms. The van der Waals surface area contributed by atoms with Gasteiger partial charge in [-0.1, -0.05) is 0 Å². The number of carbonyl (C=O) groups is 1. The Morgan fingerprint density at radius 2 is 2.03 bits per heavy atom. The highest BCUT2D eigenvalue weighted by Crippen LogP contribution is 2.50. The number of nitrogens with zero attached hydrogens (tertiary/aromatic N) is 1. The topological polar surface area (TPSA) is 95.2 Å². The highest BCUT2D eigenvalue weighted by atomic mass is 19.4. The van der Waals surface area contributed by atoms with Gasteiger partial charge in [-0.2, -0.15) is 13.2 Å². The molecule has 2 aliphatic rings. The number of alkyl carbamates (subject to hydrolysis) is 1. The Kier molecular flexibility index (Phi) is 5.14. The Morgan fingerprint density at radius 3 is 2.66 bits per heavy atom. The number of hydrogen-bond acceptors (Lipinski definition) is 6. The summed E-state index contributed by atoms with van der Waals surface area (Å²) in [5.41, 5.74) is 3.10. The number of anilines is 1. The van der Waals surface area contributed by atoms with Crippen molar-refractivity contribution in [2.24, 2.45) is 10.9 Å². The lowest BCUT2D eigenvalue weighted by Crippen LogP contribution is -2.50. The van der Waals surface area contributed by atoms with Gasteiger partial charge in [0, 0.05) is 11.3 Å². The number of nitrogens with one attached hydrogen (secondary N) is 1. The van der Waals surface area contributed by atoms with Gasteiger partial charge >= 0.3 is 12.3 Å². The molecule has 29 heavy (non-hydrogen) atoms. The Bertz CT molecular complexity index is 837. The van der Waals surface area contributed by atoms with Crippen molar-refractivity contribution < 1.29 is 36.6 Å². The van der Waals surface area contributed by atoms with Crippen LogP contribution in [0.1, 0.15) is 26.3 Å². The molecule has 1 fully saturated rings. The largest absolute Gasteiger partial charge is 0.464 e. The minimum absolute atomic E-state index is 0.147. The van der Waals surface area contributed by atoms with E-state index in [4.69, 9.17) is 19.9 Å². The van der Waals surface area contributed by atoms with E-state index in [9.17, 15) is 22.4 Å². The molecular formula is C18H21F4N3O4. The van der Waals surface area contributed by atoms with E-state index >= 15 is 0 Å². The molecule has 1 aromatic carbocycles. The summed E-state index contributed by atoms with van der Waals surface area (Å²) in [4.78, 5) is 16.1. The fourth-order valence-electron chi connectivity index (χ4n) is 3.40. The normalized spacial score (nSPS) is 26.9. The van der Waals surface area contributed by atoms with E-state index in [1.807, 2.05) is 0 Å². The van der Waals surface area contributed by atoms with E-state index < -0.39 is 54.5 Å². The molecule has 2 aliphatic heterocycles. The van der Waals surface area contributed by atoms with Crippen LogP contribution in [0.4, 0.5) is 28.0 Å². The van der Waals surface area contributed by atoms with Crippen molar-refractivity contribution in [1.29, 1.82) is 0 Å². The predicted molar refractivity (Wildman–Crippen MR) is 94.5 cm³/mol. The van der Waals surface area contributed by atoms with Gasteiger partial charge in [-0.05, 0) is 39.0 Å². The number of rotatable bonds is 1. The van der Waals surface area contributed by atoms with Crippen LogP contribution in [-0.2, 0) is 19.7 Å². The van der Waals surface area contributed by atoms with Crippen LogP contribution in [0.3, 0.4) is 0 Å². The van der Waals surface area contributed by atoms with E-state index in [2.05, 4.69) is 10.3 Å². The number of nitrogens with two attached hydrogens (primary N) is 1. The number of amidine groups is 1. The molecule has 0 bridgehead atoms. The Labute approximate surface area is 164 Å². The summed E-state index contributed by atoms with van der Waals surface area (Å²) in [5.74, 6) is -2.17. The second kappa shape index (κ2) is 7.05. The van der Waals surface area contributed by atoms with Crippen LogP contribution in [0, 0.1) is 11.7 Å². The lowest BCUT2D eigenvalue weighted by Gasteiger charge is -2.37. The SMILES string of the molecule is CC(C)(C)OC(=O)NC1=N[C@@]2(c3cc(N)ccc3F)CO[C@H](C(F)(F)F)[C@H]2CO1. The third kappa shape index (κ3) is 4.24. The average Bonchev–Trinajstić information content (AvgIpc) is 2.95. The quantitative estimate of drug-likeness (QED) is 0.539. The van der Waals surface area contributed by atoms with Crippen LogP contribution >= 0.6 is 0 Å². The minimum atomic E-state index is -4.71. The summed E-state index contributed by atoms with van der Waals surface area (Å²) in [5, 5.41) is 2.25. The van der Waals surface area contributed by atoms with Crippen LogP contribution in [-0.4, -0.2) is 43.2 Å². The molecule has 2 heterocycles. The molecule has 3 N–H and O–H groups in total. The Morgan fingerprint density at radius 1 is 1.34 bits per heavy atom. The summed E-state index contributed by atoms with van der Waals surface area (Å²) >= 11 is 0. The first-order valence-electron chi connectivity index (χ1n) is 8.78. The summed E-state index contributed by atoms with van der Waals surface area (Å²) in [6, 6.07) is 3.15. The molecule has 0 saturated carbocycles. The molecule has 7 nitrogen and oxygen atoms in total. The fourth-order valence-corrected chi connectivity index (χ4v) is 3.40. The minimum Gasteiger partial charge on any atom is -0.464 e. The summed E-state index contributed by atoms with van der Waals surface area (Å²) < 4.78 is 70.3. The number of ether oxygens (including phenoxy) is 3. The highest BCUT2D eigenvalue weighted by Gasteiger charge is 2.62. The molecule has 11 heteroatoms. The van der Waals surface area contributed by atoms with Crippen molar-refractivity contribution in [1.82, 2.24) is 5.32 Å². The molecule has 0 aliphatic carbocycles. The van der Waals surface area contributed by atoms with E-state index in [1.54, 1.807) is 20.8 Å². The number of carbonyl (C=O) groups excluding carboxylic acids is 1. The van der Waals surface area contributed by atoms with Gasteiger partial charge < -0.3 is 19.9 Å². The zero-order valence-corrected chi connectivity index (χ0v) is 16.0. The number of halogens is 4. The van der Waals surface area contributed by atoms with E-state index in [1.165, 1.54) is 12.1 Å². The van der Waals surface area contributed by atoms with Crippen molar-refractivity contribution in [2.75, 3.05) is 18.9 Å². The molecule has 3 rings (SSSR count). The zero-order valence-electron chi connectivity index (χ0n) is 16.0. The van der Waals surface area contributed by atoms with Gasteiger partial charge in [0.05, 0.1) is 19.1 Å². The summed E-state index contributed by atoms with van der Waals surface area (Å²) in [7, 11) is 0. The molecule has 1 aromatic rings. The monoisotopic (exact) mass is 419 g/mol. The van der Waals surface area contributed by atoms with Crippen LogP contribution in [0.15, 0.2) is 23.2 Å². The fraction of sp³-hybridized carbons (Fsp3) is 0.556. The second-order valence-electron chi connectivity index (χ2n) is 7.90. The third-order valence-electron chi connectivity index (χ3n) is 4.55. The molecule has 0 radical (unpaired) electrons. The Balaban J connectivity index is 2.02. The van der Waals surface area contributed by atoms with Crippen LogP contribution < -0.4 is 11.1 Å². The molecule has 1 amide bonds. The van der Waals surface area contributed by atoms with E-state index in [-0.39, 0.29) is 17.3 Å². The maximum Gasteiger partial charge on any atom is 0.415 e. The number of benzene rings is 1. The summed E-state index contributed by atoms with van der Waals surface area (Å²) in [6.45, 7) is 3.83. The number of hydrogen-bond donors (Lipinski definition) is 2. The van der Waals surface area contributed by atoms with Crippen LogP contribution in [0.5, 0.6) is 0 Å². The van der Waals surface area contributed by atoms with Gasteiger partial charge in [-0.15, -0.1) is 0 Å². The molecule has 0 unspecified atom stereocenters. The standard InChI is InChI=1S/C18H21F4N3O4/c1-16(2,3)29-15(26)24-14-25-17(10-6-9(23)4-5-12(10)19)8-28-13(18(20,21)22)11(17)7-27-14/h4-6,11,13H,7-8,23H2,1-3H3,(H,24,25,26)/t11-,13+,17-/m1/s1. The van der Waals surface area contributed by atoms with Gasteiger partial charge in [0.2, 0.25) is 0 Å². The van der Waals surface area contributed by atoms with Gasteiger partial charge in [-0.3, -0.25) is 0 Å². The second-order valence-corrected chi connectivity index (χ2v) is 7.90. The van der Waals surface area contributed by atoms with Gasteiger partial charge in [0.1, 0.15) is 17.0 Å². The van der Waals surface area contributed by atoms with Crippen LogP contribution in [0.2, 0.25) is 0 Å². The smallest absolute Gasteiger partial charge is 0.415 e. The maximum absolute atomic E-state index is 14.6. The first-order valence-corrected chi connectivity index (χ1v) is 8.78. The van der Waals surface area contributed by atoms with Crippen molar-refractivity contribution in [3.8, 4) is 0 Å². The predicted octanol–water partition coefficient (Wildman–Crippen LogP) is 3.09. The molecule has 1 saturated heterocycles. The lowest BCUT2D eigenvalue weighted by molar-refractivity contribution is -0.219. The highest BCUT2D eigenvalue weighted by molar-refractivity contribution is 5.91. The van der Waals surface area contributed by atoms with Crippen molar-refractivity contribution >= 4 is 17.8 Å². The lowest BCUT2D eigenvalue weighted by atomic mass is 9.77. The van der Waals surface area contributed by atoms with Crippen LogP contribution in [0.25, 0.3) is 0 Å². The van der Waals surface area contributed by atoms with E-state index in [0.29, 0.717) is 0 Å². The Hall–Kier alpha value is -2.56. The van der Waals surface area contributed by atoms with Gasteiger partial charge in [-0.25, -0.2) is 19.5 Å². The average molecular weight is 419 g/mol. The first kappa shape index (κ1) is 21.2. The van der Waals surface area contributed by atoms with Crippen molar-refractivity contribution in [3.05, 3.63) is 29.6 Å². The van der Waals surface area contributed by atoms with Crippen molar-refractivity contribution in [3.63, 3.8) is 0 Å². The number of aliphatic imine (C=N–C) groups is 1. The summed E-state index contributed by atoms with van der Waals surface area (Å²) in [6.07, 6.45) is -7.84. The number of amides is 1. The van der Waals surface area contributed by atoms with Gasteiger partial charge in [0.25, 0.3) is 6.02 Å². The number of nitrogen functional groups attached to an aromatic ring is 1. The zero-order chi connectivity index (χ0) is 21.6. The molecule has 160 valence electrons. The first-order chi connectivity index (χ1) is 13.3. The van der Waals surface area contributed by atoms with Gasteiger partial charge in [0.15, 0.2) is 6.10 Å². The number of fused-ring (bicyclic) bond motifs is 1. The maximum atomic E-state index is 14.6. The molecular weight excluding hydrogens is 398 g/mol.